The van der Waals surface area contributed by atoms with Gasteiger partial charge in [-0.2, -0.15) is 8.42 Å². The molecule has 3 aromatic rings. The summed E-state index contributed by atoms with van der Waals surface area (Å²) in [5.41, 5.74) is 1.01. The Morgan fingerprint density at radius 2 is 1.83 bits per heavy atom. The molecule has 30 heavy (non-hydrogen) atoms. The molecule has 9 heteroatoms. The summed E-state index contributed by atoms with van der Waals surface area (Å²) in [4.78, 5) is 14.6. The lowest BCUT2D eigenvalue weighted by atomic mass is 10.3. The molecule has 0 radical (unpaired) electrons. The number of benzene rings is 2. The highest BCUT2D eigenvalue weighted by atomic mass is 32.2. The average Bonchev–Trinajstić information content (AvgIpc) is 3.22. The van der Waals surface area contributed by atoms with Crippen molar-refractivity contribution in [2.24, 2.45) is 0 Å². The molecule has 0 saturated carbocycles. The maximum absolute atomic E-state index is 12.9. The summed E-state index contributed by atoms with van der Waals surface area (Å²) in [5.74, 6) is 1.35. The average molecular weight is 425 g/mol. The summed E-state index contributed by atoms with van der Waals surface area (Å²) in [7, 11) is -4.31. The van der Waals surface area contributed by atoms with E-state index in [0.717, 1.165) is 11.4 Å². The number of H-pyrrole nitrogens is 1. The Morgan fingerprint density at radius 3 is 2.50 bits per heavy atom. The van der Waals surface area contributed by atoms with E-state index in [1.165, 1.54) is 28.9 Å². The predicted octanol–water partition coefficient (Wildman–Crippen LogP) is 1.36. The molecule has 0 amide bonds. The summed E-state index contributed by atoms with van der Waals surface area (Å²) >= 11 is 0. The summed E-state index contributed by atoms with van der Waals surface area (Å²) in [6.45, 7) is 6.59. The van der Waals surface area contributed by atoms with Gasteiger partial charge in [-0.1, -0.05) is 18.7 Å². The smallest absolute Gasteiger partial charge is 0.294 e. The minimum absolute atomic E-state index is 0.255. The SMILES string of the molecule is C=c1[nH]n(-c2ccc(S(=O)(=O)O)cc2)c(=O)c1=CC=C1Oc2ccccc2N1CC. The van der Waals surface area contributed by atoms with Crippen LogP contribution < -0.4 is 25.8 Å². The number of aromatic nitrogens is 2. The number of allylic oxidation sites excluding steroid dienone is 1. The number of rotatable bonds is 4. The summed E-state index contributed by atoms with van der Waals surface area (Å²) in [6.07, 6.45) is 3.35. The molecule has 0 saturated heterocycles. The fraction of sp³-hybridized carbons (Fsp3) is 0.0952. The lowest BCUT2D eigenvalue weighted by Crippen LogP contribution is -2.33. The Morgan fingerprint density at radius 1 is 1.13 bits per heavy atom. The first kappa shape index (κ1) is 19.7. The van der Waals surface area contributed by atoms with E-state index < -0.39 is 10.1 Å². The van der Waals surface area contributed by atoms with Crippen molar-refractivity contribution in [2.45, 2.75) is 11.8 Å². The Hall–Kier alpha value is -3.56. The monoisotopic (exact) mass is 425 g/mol. The Labute approximate surface area is 172 Å². The van der Waals surface area contributed by atoms with Crippen molar-refractivity contribution >= 4 is 28.5 Å². The van der Waals surface area contributed by atoms with Crippen molar-refractivity contribution in [1.29, 1.82) is 0 Å². The van der Waals surface area contributed by atoms with Gasteiger partial charge in [-0.25, -0.2) is 4.68 Å². The number of hydrogen-bond acceptors (Lipinski definition) is 5. The van der Waals surface area contributed by atoms with E-state index in [1.807, 2.05) is 36.1 Å². The zero-order valence-corrected chi connectivity index (χ0v) is 16.9. The number of nitrogens with one attached hydrogen (secondary N) is 1. The number of anilines is 1. The molecule has 0 fully saturated rings. The van der Waals surface area contributed by atoms with Crippen LogP contribution in [0.15, 0.2) is 70.2 Å². The molecule has 1 aliphatic heterocycles. The van der Waals surface area contributed by atoms with Crippen LogP contribution >= 0.6 is 0 Å². The zero-order valence-electron chi connectivity index (χ0n) is 16.1. The molecule has 154 valence electrons. The minimum atomic E-state index is -4.31. The minimum Gasteiger partial charge on any atom is -0.439 e. The Bertz CT molecular complexity index is 1420. The van der Waals surface area contributed by atoms with Gasteiger partial charge in [0.15, 0.2) is 5.75 Å². The van der Waals surface area contributed by atoms with Crippen molar-refractivity contribution in [1.82, 2.24) is 9.78 Å². The van der Waals surface area contributed by atoms with Gasteiger partial charge in [-0.3, -0.25) is 14.4 Å². The first-order chi connectivity index (χ1) is 14.3. The standard InChI is InChI=1S/C21H19N3O5S/c1-3-23-18-6-4-5-7-19(18)29-20(23)13-12-17-14(2)22-24(21(17)25)15-8-10-16(11-9-15)30(26,27)28/h4-13,22H,2-3H2,1H3,(H,26,27,28). The van der Waals surface area contributed by atoms with Crippen LogP contribution in [0.2, 0.25) is 0 Å². The number of fused-ring (bicyclic) bond motifs is 1. The van der Waals surface area contributed by atoms with Crippen molar-refractivity contribution in [2.75, 3.05) is 11.4 Å². The van der Waals surface area contributed by atoms with Gasteiger partial charge in [-0.05, 0) is 55.5 Å². The highest BCUT2D eigenvalue weighted by Crippen LogP contribution is 2.38. The molecule has 1 aliphatic rings. The molecule has 0 aliphatic carbocycles. The normalized spacial score (nSPS) is 15.5. The topological polar surface area (TPSA) is 105 Å². The van der Waals surface area contributed by atoms with Crippen molar-refractivity contribution in [3.8, 4) is 11.4 Å². The lowest BCUT2D eigenvalue weighted by Gasteiger charge is -2.14. The Kier molecular flexibility index (Phi) is 4.84. The summed E-state index contributed by atoms with van der Waals surface area (Å²) in [5, 5.41) is 3.61. The predicted molar refractivity (Wildman–Crippen MR) is 114 cm³/mol. The maximum atomic E-state index is 12.9. The number of hydrogen-bond donors (Lipinski definition) is 2. The van der Waals surface area contributed by atoms with Crippen LogP contribution in [0.3, 0.4) is 0 Å². The van der Waals surface area contributed by atoms with Crippen LogP contribution in [0.25, 0.3) is 18.3 Å². The van der Waals surface area contributed by atoms with E-state index >= 15 is 0 Å². The first-order valence-electron chi connectivity index (χ1n) is 9.14. The van der Waals surface area contributed by atoms with Gasteiger partial charge < -0.3 is 9.64 Å². The molecule has 0 unspecified atom stereocenters. The van der Waals surface area contributed by atoms with Gasteiger partial charge in [-0.15, -0.1) is 0 Å². The van der Waals surface area contributed by atoms with Gasteiger partial charge in [0.2, 0.25) is 5.88 Å². The van der Waals surface area contributed by atoms with E-state index in [2.05, 4.69) is 11.7 Å². The van der Waals surface area contributed by atoms with Crippen LogP contribution in [0, 0.1) is 0 Å². The second-order valence-electron chi connectivity index (χ2n) is 6.60. The third-order valence-corrected chi connectivity index (χ3v) is 5.61. The summed E-state index contributed by atoms with van der Waals surface area (Å²) in [6, 6.07) is 12.9. The molecule has 8 nitrogen and oxygen atoms in total. The van der Waals surface area contributed by atoms with Crippen LogP contribution in [-0.4, -0.2) is 29.3 Å². The largest absolute Gasteiger partial charge is 0.439 e. The zero-order chi connectivity index (χ0) is 21.5. The van der Waals surface area contributed by atoms with Crippen molar-refractivity contribution < 1.29 is 17.7 Å². The molecular formula is C21H19N3O5S. The molecule has 0 atom stereocenters. The third-order valence-electron chi connectivity index (χ3n) is 4.74. The molecule has 2 aromatic carbocycles. The van der Waals surface area contributed by atoms with Crippen molar-refractivity contribution in [3.63, 3.8) is 0 Å². The van der Waals surface area contributed by atoms with Crippen LogP contribution in [0.5, 0.6) is 5.75 Å². The van der Waals surface area contributed by atoms with E-state index in [-0.39, 0.29) is 10.5 Å². The summed E-state index contributed by atoms with van der Waals surface area (Å²) < 4.78 is 38.6. The maximum Gasteiger partial charge on any atom is 0.294 e. The van der Waals surface area contributed by atoms with E-state index in [1.54, 1.807) is 12.2 Å². The fourth-order valence-corrected chi connectivity index (χ4v) is 3.75. The van der Waals surface area contributed by atoms with E-state index in [0.29, 0.717) is 28.7 Å². The van der Waals surface area contributed by atoms with Crippen LogP contribution in [0.4, 0.5) is 5.69 Å². The number of ether oxygens (including phenoxy) is 1. The second kappa shape index (κ2) is 7.36. The molecule has 1 aromatic heterocycles. The number of para-hydroxylation sites is 2. The first-order valence-corrected chi connectivity index (χ1v) is 10.6. The third kappa shape index (κ3) is 3.44. The molecular weight excluding hydrogens is 406 g/mol. The Balaban J connectivity index is 1.73. The number of aromatic amines is 1. The highest BCUT2D eigenvalue weighted by Gasteiger charge is 2.23. The van der Waals surface area contributed by atoms with Crippen LogP contribution in [0.1, 0.15) is 6.92 Å². The van der Waals surface area contributed by atoms with Crippen molar-refractivity contribution in [3.05, 3.63) is 81.4 Å². The molecule has 0 spiro atoms. The van der Waals surface area contributed by atoms with Gasteiger partial charge >= 0.3 is 0 Å². The molecule has 2 N–H and O–H groups in total. The van der Waals surface area contributed by atoms with Gasteiger partial charge in [0.1, 0.15) is 0 Å². The number of nitrogens with zero attached hydrogens (tertiary/aromatic N) is 2. The van der Waals surface area contributed by atoms with Crippen LogP contribution in [-0.2, 0) is 10.1 Å². The highest BCUT2D eigenvalue weighted by molar-refractivity contribution is 7.85. The molecule has 0 bridgehead atoms. The lowest BCUT2D eigenvalue weighted by molar-refractivity contribution is 0.440. The molecule has 2 heterocycles. The molecule has 4 rings (SSSR count). The van der Waals surface area contributed by atoms with Gasteiger partial charge in [0.05, 0.1) is 26.8 Å². The quantitative estimate of drug-likeness (QED) is 0.612. The van der Waals surface area contributed by atoms with E-state index in [9.17, 15) is 13.2 Å². The second-order valence-corrected chi connectivity index (χ2v) is 8.02. The van der Waals surface area contributed by atoms with Gasteiger partial charge in [0.25, 0.3) is 15.7 Å². The van der Waals surface area contributed by atoms with Gasteiger partial charge in [0, 0.05) is 6.54 Å². The fourth-order valence-electron chi connectivity index (χ4n) is 3.27. The van der Waals surface area contributed by atoms with E-state index in [4.69, 9.17) is 9.29 Å².